The van der Waals surface area contributed by atoms with E-state index in [4.69, 9.17) is 9.84 Å². The standard InChI is InChI=1S/C9H12N2O3/c1-6(9(12)13)3-8-10-4-7(14-2)5-11-8/h4-6H,3H2,1-2H3,(H,12,13). The second-order valence-electron chi connectivity index (χ2n) is 2.98. The molecule has 0 aliphatic carbocycles. The monoisotopic (exact) mass is 196 g/mol. The van der Waals surface area contributed by atoms with Crippen LogP contribution in [0, 0.1) is 5.92 Å². The van der Waals surface area contributed by atoms with Crippen LogP contribution in [0.25, 0.3) is 0 Å². The SMILES string of the molecule is COc1cnc(CC(C)C(=O)O)nc1. The van der Waals surface area contributed by atoms with Crippen molar-refractivity contribution in [1.82, 2.24) is 9.97 Å². The van der Waals surface area contributed by atoms with Crippen LogP contribution >= 0.6 is 0 Å². The van der Waals surface area contributed by atoms with E-state index in [-0.39, 0.29) is 0 Å². The number of aromatic nitrogens is 2. The van der Waals surface area contributed by atoms with E-state index in [1.54, 1.807) is 6.92 Å². The van der Waals surface area contributed by atoms with Crippen molar-refractivity contribution in [2.75, 3.05) is 7.11 Å². The average Bonchev–Trinajstić information content (AvgIpc) is 2.19. The highest BCUT2D eigenvalue weighted by Gasteiger charge is 2.12. The molecule has 0 aliphatic heterocycles. The van der Waals surface area contributed by atoms with Crippen LogP contribution < -0.4 is 4.74 Å². The molecule has 14 heavy (non-hydrogen) atoms. The molecule has 1 aromatic heterocycles. The zero-order valence-corrected chi connectivity index (χ0v) is 8.10. The molecule has 5 nitrogen and oxygen atoms in total. The molecule has 5 heteroatoms. The highest BCUT2D eigenvalue weighted by Crippen LogP contribution is 2.08. The number of carboxylic acid groups (broad SMARTS) is 1. The van der Waals surface area contributed by atoms with Crippen LogP contribution in [0.15, 0.2) is 12.4 Å². The number of carbonyl (C=O) groups is 1. The third-order valence-electron chi connectivity index (χ3n) is 1.83. The number of methoxy groups -OCH3 is 1. The molecule has 0 fully saturated rings. The summed E-state index contributed by atoms with van der Waals surface area (Å²) < 4.78 is 4.88. The van der Waals surface area contributed by atoms with Crippen LogP contribution in [0.1, 0.15) is 12.7 Å². The summed E-state index contributed by atoms with van der Waals surface area (Å²) >= 11 is 0. The second kappa shape index (κ2) is 4.55. The lowest BCUT2D eigenvalue weighted by Crippen LogP contribution is -2.13. The van der Waals surface area contributed by atoms with Gasteiger partial charge in [-0.2, -0.15) is 0 Å². The molecule has 1 N–H and O–H groups in total. The first-order valence-electron chi connectivity index (χ1n) is 4.21. The maximum atomic E-state index is 10.5. The van der Waals surface area contributed by atoms with Crippen molar-refractivity contribution in [1.29, 1.82) is 0 Å². The van der Waals surface area contributed by atoms with Gasteiger partial charge < -0.3 is 9.84 Å². The fourth-order valence-corrected chi connectivity index (χ4v) is 0.915. The van der Waals surface area contributed by atoms with Gasteiger partial charge in [0.2, 0.25) is 0 Å². The molecule has 0 aromatic carbocycles. The summed E-state index contributed by atoms with van der Waals surface area (Å²) in [6, 6.07) is 0. The summed E-state index contributed by atoms with van der Waals surface area (Å²) in [6.45, 7) is 1.62. The molecule has 0 spiro atoms. The minimum absolute atomic E-state index is 0.333. The molecule has 1 aromatic rings. The normalized spacial score (nSPS) is 12.1. The van der Waals surface area contributed by atoms with Crippen LogP contribution in [0.2, 0.25) is 0 Å². The van der Waals surface area contributed by atoms with Crippen LogP contribution in [-0.4, -0.2) is 28.2 Å². The molecule has 0 radical (unpaired) electrons. The highest BCUT2D eigenvalue weighted by atomic mass is 16.5. The van der Waals surface area contributed by atoms with E-state index in [1.165, 1.54) is 19.5 Å². The number of hydrogen-bond acceptors (Lipinski definition) is 4. The highest BCUT2D eigenvalue weighted by molar-refractivity contribution is 5.69. The number of aliphatic carboxylic acids is 1. The quantitative estimate of drug-likeness (QED) is 0.769. The van der Waals surface area contributed by atoms with Crippen LogP contribution in [0.5, 0.6) is 5.75 Å². The third-order valence-corrected chi connectivity index (χ3v) is 1.83. The smallest absolute Gasteiger partial charge is 0.306 e. The molecular weight excluding hydrogens is 184 g/mol. The van der Waals surface area contributed by atoms with Gasteiger partial charge in [0.1, 0.15) is 5.82 Å². The van der Waals surface area contributed by atoms with Gasteiger partial charge in [-0.05, 0) is 0 Å². The van der Waals surface area contributed by atoms with E-state index in [2.05, 4.69) is 9.97 Å². The summed E-state index contributed by atoms with van der Waals surface area (Å²) in [7, 11) is 1.53. The Kier molecular flexibility index (Phi) is 3.39. The Balaban J connectivity index is 2.64. The van der Waals surface area contributed by atoms with Gasteiger partial charge in [0.15, 0.2) is 5.75 Å². The largest absolute Gasteiger partial charge is 0.494 e. The Hall–Kier alpha value is -1.65. The fraction of sp³-hybridized carbons (Fsp3) is 0.444. The molecule has 1 atom stereocenters. The zero-order valence-electron chi connectivity index (χ0n) is 8.10. The van der Waals surface area contributed by atoms with E-state index in [0.717, 1.165) is 0 Å². The maximum Gasteiger partial charge on any atom is 0.306 e. The van der Waals surface area contributed by atoms with Crippen molar-refractivity contribution in [3.05, 3.63) is 18.2 Å². The molecule has 1 rings (SSSR count). The molecule has 1 heterocycles. The van der Waals surface area contributed by atoms with Crippen molar-refractivity contribution in [2.24, 2.45) is 5.92 Å². The summed E-state index contributed by atoms with van der Waals surface area (Å²) in [5, 5.41) is 8.66. The van der Waals surface area contributed by atoms with Crippen LogP contribution in [0.4, 0.5) is 0 Å². The predicted octanol–water partition coefficient (Wildman–Crippen LogP) is 0.748. The Morgan fingerprint density at radius 3 is 2.57 bits per heavy atom. The maximum absolute atomic E-state index is 10.5. The average molecular weight is 196 g/mol. The third kappa shape index (κ3) is 2.69. The molecule has 0 amide bonds. The molecule has 0 saturated heterocycles. The molecule has 0 saturated carbocycles. The Labute approximate surface area is 81.8 Å². The fourth-order valence-electron chi connectivity index (χ4n) is 0.915. The Morgan fingerprint density at radius 2 is 2.14 bits per heavy atom. The lowest BCUT2D eigenvalue weighted by molar-refractivity contribution is -0.141. The van der Waals surface area contributed by atoms with E-state index in [1.807, 2.05) is 0 Å². The number of nitrogens with zero attached hydrogens (tertiary/aromatic N) is 2. The first-order valence-corrected chi connectivity index (χ1v) is 4.21. The predicted molar refractivity (Wildman–Crippen MR) is 49.1 cm³/mol. The van der Waals surface area contributed by atoms with Gasteiger partial charge in [-0.1, -0.05) is 6.92 Å². The molecule has 0 bridgehead atoms. The van der Waals surface area contributed by atoms with E-state index in [9.17, 15) is 4.79 Å². The number of carboxylic acids is 1. The van der Waals surface area contributed by atoms with Gasteiger partial charge in [-0.15, -0.1) is 0 Å². The molecule has 76 valence electrons. The van der Waals surface area contributed by atoms with Gasteiger partial charge in [0.05, 0.1) is 25.4 Å². The van der Waals surface area contributed by atoms with Gasteiger partial charge in [-0.25, -0.2) is 9.97 Å². The molecular formula is C9H12N2O3. The Bertz CT molecular complexity index is 310. The van der Waals surface area contributed by atoms with Crippen molar-refractivity contribution in [2.45, 2.75) is 13.3 Å². The number of hydrogen-bond donors (Lipinski definition) is 1. The first-order chi connectivity index (χ1) is 6.63. The van der Waals surface area contributed by atoms with Crippen molar-refractivity contribution < 1.29 is 14.6 Å². The van der Waals surface area contributed by atoms with Crippen LogP contribution in [-0.2, 0) is 11.2 Å². The topological polar surface area (TPSA) is 72.3 Å². The minimum Gasteiger partial charge on any atom is -0.494 e. The summed E-state index contributed by atoms with van der Waals surface area (Å²) in [5.74, 6) is -0.231. The lowest BCUT2D eigenvalue weighted by Gasteiger charge is -2.04. The zero-order chi connectivity index (χ0) is 10.6. The van der Waals surface area contributed by atoms with Gasteiger partial charge >= 0.3 is 5.97 Å². The number of rotatable bonds is 4. The second-order valence-corrected chi connectivity index (χ2v) is 2.98. The van der Waals surface area contributed by atoms with Crippen LogP contribution in [0.3, 0.4) is 0 Å². The van der Waals surface area contributed by atoms with Gasteiger partial charge in [0, 0.05) is 6.42 Å². The van der Waals surface area contributed by atoms with Crippen molar-refractivity contribution in [3.8, 4) is 5.75 Å². The minimum atomic E-state index is -0.843. The number of ether oxygens (including phenoxy) is 1. The lowest BCUT2D eigenvalue weighted by atomic mass is 10.1. The first kappa shape index (κ1) is 10.4. The summed E-state index contributed by atoms with van der Waals surface area (Å²) in [4.78, 5) is 18.5. The van der Waals surface area contributed by atoms with E-state index in [0.29, 0.717) is 18.0 Å². The van der Waals surface area contributed by atoms with Crippen molar-refractivity contribution in [3.63, 3.8) is 0 Å². The molecule has 1 unspecified atom stereocenters. The van der Waals surface area contributed by atoms with Crippen molar-refractivity contribution >= 4 is 5.97 Å². The molecule has 0 aliphatic rings. The Morgan fingerprint density at radius 1 is 1.57 bits per heavy atom. The van der Waals surface area contributed by atoms with Gasteiger partial charge in [-0.3, -0.25) is 4.79 Å². The summed E-state index contributed by atoms with van der Waals surface area (Å²) in [6.07, 6.45) is 3.38. The summed E-state index contributed by atoms with van der Waals surface area (Å²) in [5.41, 5.74) is 0. The van der Waals surface area contributed by atoms with Gasteiger partial charge in [0.25, 0.3) is 0 Å². The van der Waals surface area contributed by atoms with E-state index < -0.39 is 11.9 Å². The van der Waals surface area contributed by atoms with E-state index >= 15 is 0 Å².